The van der Waals surface area contributed by atoms with E-state index in [1.54, 1.807) is 0 Å². The van der Waals surface area contributed by atoms with Crippen LogP contribution in [0, 0.1) is 0 Å². The monoisotopic (exact) mass is 215 g/mol. The molecule has 78 valence electrons. The van der Waals surface area contributed by atoms with Gasteiger partial charge in [-0.25, -0.2) is 8.93 Å². The van der Waals surface area contributed by atoms with E-state index in [0.717, 1.165) is 5.75 Å². The standard InChI is InChI=1S/C9H13NO3S/c11-14(12)10-7-4-8-13-9-5-2-1-3-6-9/h1-3,5-6,10H,4,7-8H2,(H,11,12). The van der Waals surface area contributed by atoms with E-state index in [-0.39, 0.29) is 0 Å². The Bertz CT molecular complexity index is 279. The highest BCUT2D eigenvalue weighted by atomic mass is 32.2. The Labute approximate surface area is 85.7 Å². The van der Waals surface area contributed by atoms with Crippen molar-refractivity contribution in [1.82, 2.24) is 4.72 Å². The molecule has 0 saturated carbocycles. The zero-order valence-electron chi connectivity index (χ0n) is 7.68. The predicted octanol–water partition coefficient (Wildman–Crippen LogP) is 1.18. The van der Waals surface area contributed by atoms with Crippen LogP contribution in [0.3, 0.4) is 0 Å². The first kappa shape index (κ1) is 11.2. The highest BCUT2D eigenvalue weighted by molar-refractivity contribution is 7.77. The van der Waals surface area contributed by atoms with Gasteiger partial charge in [-0.2, -0.15) is 0 Å². The van der Waals surface area contributed by atoms with E-state index in [2.05, 4.69) is 4.72 Å². The van der Waals surface area contributed by atoms with Crippen molar-refractivity contribution in [3.63, 3.8) is 0 Å². The Kier molecular flexibility index (Phi) is 5.21. The van der Waals surface area contributed by atoms with E-state index in [9.17, 15) is 4.21 Å². The van der Waals surface area contributed by atoms with E-state index >= 15 is 0 Å². The van der Waals surface area contributed by atoms with Gasteiger partial charge < -0.3 is 4.74 Å². The second-order valence-electron chi connectivity index (χ2n) is 2.66. The molecule has 0 fully saturated rings. The van der Waals surface area contributed by atoms with Gasteiger partial charge in [-0.1, -0.05) is 18.2 Å². The first-order chi connectivity index (χ1) is 6.79. The van der Waals surface area contributed by atoms with Crippen molar-refractivity contribution in [2.75, 3.05) is 13.2 Å². The molecule has 0 spiro atoms. The van der Waals surface area contributed by atoms with Gasteiger partial charge in [-0.05, 0) is 18.6 Å². The Hall–Kier alpha value is -0.910. The normalized spacial score (nSPS) is 12.4. The third-order valence-electron chi connectivity index (χ3n) is 1.56. The number of nitrogens with one attached hydrogen (secondary N) is 1. The van der Waals surface area contributed by atoms with Crippen molar-refractivity contribution in [1.29, 1.82) is 0 Å². The molecule has 0 aliphatic heterocycles. The van der Waals surface area contributed by atoms with E-state index in [0.29, 0.717) is 19.6 Å². The van der Waals surface area contributed by atoms with Crippen molar-refractivity contribution in [2.45, 2.75) is 6.42 Å². The van der Waals surface area contributed by atoms with Crippen molar-refractivity contribution < 1.29 is 13.5 Å². The van der Waals surface area contributed by atoms with Crippen LogP contribution in [0.5, 0.6) is 5.75 Å². The molecule has 0 bridgehead atoms. The molecule has 0 saturated heterocycles. The molecular weight excluding hydrogens is 202 g/mol. The summed E-state index contributed by atoms with van der Waals surface area (Å²) in [5.74, 6) is 0.817. The molecular formula is C9H13NO3S. The van der Waals surface area contributed by atoms with Gasteiger partial charge in [0.25, 0.3) is 0 Å². The van der Waals surface area contributed by atoms with Gasteiger partial charge in [-0.15, -0.1) is 0 Å². The quantitative estimate of drug-likeness (QED) is 0.553. The van der Waals surface area contributed by atoms with Crippen LogP contribution in [0.1, 0.15) is 6.42 Å². The Morgan fingerprint density at radius 2 is 2.07 bits per heavy atom. The van der Waals surface area contributed by atoms with Crippen LogP contribution in [0.2, 0.25) is 0 Å². The summed E-state index contributed by atoms with van der Waals surface area (Å²) in [5.41, 5.74) is 0. The summed E-state index contributed by atoms with van der Waals surface area (Å²) < 4.78 is 26.3. The molecule has 1 aromatic carbocycles. The number of benzene rings is 1. The lowest BCUT2D eigenvalue weighted by molar-refractivity contribution is 0.311. The highest BCUT2D eigenvalue weighted by Crippen LogP contribution is 2.07. The summed E-state index contributed by atoms with van der Waals surface area (Å²) in [5, 5.41) is 0. The fourth-order valence-corrected chi connectivity index (χ4v) is 1.26. The van der Waals surface area contributed by atoms with E-state index < -0.39 is 11.3 Å². The van der Waals surface area contributed by atoms with Crippen molar-refractivity contribution >= 4 is 11.3 Å². The van der Waals surface area contributed by atoms with Crippen LogP contribution in [0.4, 0.5) is 0 Å². The maximum absolute atomic E-state index is 10.2. The summed E-state index contributed by atoms with van der Waals surface area (Å²) in [6.45, 7) is 1.00. The van der Waals surface area contributed by atoms with E-state index in [1.165, 1.54) is 0 Å². The molecule has 0 aliphatic carbocycles. The smallest absolute Gasteiger partial charge is 0.231 e. The summed E-state index contributed by atoms with van der Waals surface area (Å²) >= 11 is -1.92. The van der Waals surface area contributed by atoms with Crippen LogP contribution in [0.25, 0.3) is 0 Å². The van der Waals surface area contributed by atoms with Crippen LogP contribution in [-0.2, 0) is 11.3 Å². The second-order valence-corrected chi connectivity index (χ2v) is 3.45. The lowest BCUT2D eigenvalue weighted by Crippen LogP contribution is -2.19. The SMILES string of the molecule is O=S(O)NCCCOc1ccccc1. The molecule has 0 radical (unpaired) electrons. The van der Waals surface area contributed by atoms with Gasteiger partial charge in [0.05, 0.1) is 6.61 Å². The third kappa shape index (κ3) is 4.96. The first-order valence-electron chi connectivity index (χ1n) is 4.31. The van der Waals surface area contributed by atoms with Gasteiger partial charge in [-0.3, -0.25) is 4.55 Å². The summed E-state index contributed by atoms with van der Waals surface area (Å²) in [7, 11) is 0. The van der Waals surface area contributed by atoms with Crippen LogP contribution in [0.15, 0.2) is 30.3 Å². The number of rotatable bonds is 6. The van der Waals surface area contributed by atoms with Gasteiger partial charge in [0.1, 0.15) is 5.75 Å². The average molecular weight is 215 g/mol. The molecule has 0 aromatic heterocycles. The van der Waals surface area contributed by atoms with Gasteiger partial charge in [0.2, 0.25) is 11.3 Å². The molecule has 0 aliphatic rings. The number of para-hydroxylation sites is 1. The van der Waals surface area contributed by atoms with Crippen molar-refractivity contribution in [3.05, 3.63) is 30.3 Å². The number of hydrogen-bond acceptors (Lipinski definition) is 2. The van der Waals surface area contributed by atoms with Crippen LogP contribution in [-0.4, -0.2) is 21.9 Å². The lowest BCUT2D eigenvalue weighted by atomic mass is 10.3. The molecule has 5 heteroatoms. The summed E-state index contributed by atoms with van der Waals surface area (Å²) in [6.07, 6.45) is 0.696. The Morgan fingerprint density at radius 3 is 2.71 bits per heavy atom. The molecule has 1 atom stereocenters. The molecule has 1 aromatic rings. The lowest BCUT2D eigenvalue weighted by Gasteiger charge is -2.04. The number of hydrogen-bond donors (Lipinski definition) is 2. The largest absolute Gasteiger partial charge is 0.494 e. The zero-order chi connectivity index (χ0) is 10.2. The fourth-order valence-electron chi connectivity index (χ4n) is 0.938. The molecule has 14 heavy (non-hydrogen) atoms. The summed E-state index contributed by atoms with van der Waals surface area (Å²) in [4.78, 5) is 0. The second kappa shape index (κ2) is 6.53. The Morgan fingerprint density at radius 1 is 1.36 bits per heavy atom. The topological polar surface area (TPSA) is 58.6 Å². The van der Waals surface area contributed by atoms with E-state index in [1.807, 2.05) is 30.3 Å². The highest BCUT2D eigenvalue weighted by Gasteiger charge is 1.93. The van der Waals surface area contributed by atoms with Crippen molar-refractivity contribution in [3.8, 4) is 5.75 Å². The molecule has 2 N–H and O–H groups in total. The van der Waals surface area contributed by atoms with Gasteiger partial charge in [0.15, 0.2) is 0 Å². The van der Waals surface area contributed by atoms with Crippen LogP contribution < -0.4 is 9.46 Å². The van der Waals surface area contributed by atoms with Crippen LogP contribution >= 0.6 is 0 Å². The average Bonchev–Trinajstić information content (AvgIpc) is 2.18. The molecule has 4 nitrogen and oxygen atoms in total. The predicted molar refractivity (Wildman–Crippen MR) is 55.3 cm³/mol. The van der Waals surface area contributed by atoms with E-state index in [4.69, 9.17) is 9.29 Å². The zero-order valence-corrected chi connectivity index (χ0v) is 8.50. The molecule has 0 amide bonds. The summed E-state index contributed by atoms with van der Waals surface area (Å²) in [6, 6.07) is 9.46. The maximum Gasteiger partial charge on any atom is 0.231 e. The minimum atomic E-state index is -1.92. The first-order valence-corrected chi connectivity index (χ1v) is 5.42. The maximum atomic E-state index is 10.2. The number of ether oxygens (including phenoxy) is 1. The van der Waals surface area contributed by atoms with Gasteiger partial charge in [0, 0.05) is 6.54 Å². The molecule has 0 heterocycles. The third-order valence-corrected chi connectivity index (χ3v) is 2.01. The minimum absolute atomic E-state index is 0.468. The Balaban J connectivity index is 2.08. The van der Waals surface area contributed by atoms with Crippen molar-refractivity contribution in [2.24, 2.45) is 0 Å². The molecule has 1 rings (SSSR count). The minimum Gasteiger partial charge on any atom is -0.494 e. The fraction of sp³-hybridized carbons (Fsp3) is 0.333. The molecule has 1 unspecified atom stereocenters. The van der Waals surface area contributed by atoms with Gasteiger partial charge >= 0.3 is 0 Å².